The number of carbonyl (C=O) groups excluding carboxylic acids is 1. The minimum atomic E-state index is 0.0714. The Morgan fingerprint density at radius 3 is 3.11 bits per heavy atom. The summed E-state index contributed by atoms with van der Waals surface area (Å²) in [5, 5.41) is 0.660. The van der Waals surface area contributed by atoms with Gasteiger partial charge in [-0.1, -0.05) is 23.7 Å². The molecule has 1 amide bonds. The van der Waals surface area contributed by atoms with Crippen molar-refractivity contribution < 1.29 is 9.53 Å². The summed E-state index contributed by atoms with van der Waals surface area (Å²) in [6.45, 7) is 2.46. The molecule has 4 nitrogen and oxygen atoms in total. The van der Waals surface area contributed by atoms with Crippen LogP contribution in [0.1, 0.15) is 12.0 Å². The first-order valence-corrected chi connectivity index (χ1v) is 6.90. The van der Waals surface area contributed by atoms with E-state index in [-0.39, 0.29) is 12.0 Å². The first-order valence-electron chi connectivity index (χ1n) is 6.53. The smallest absolute Gasteiger partial charge is 0.227 e. The van der Waals surface area contributed by atoms with Gasteiger partial charge in [0.05, 0.1) is 19.1 Å². The number of ether oxygens (including phenoxy) is 1. The van der Waals surface area contributed by atoms with Crippen molar-refractivity contribution in [1.82, 2.24) is 4.90 Å². The molecule has 1 saturated heterocycles. The third kappa shape index (κ3) is 4.20. The summed E-state index contributed by atoms with van der Waals surface area (Å²) in [4.78, 5) is 14.1. The predicted molar refractivity (Wildman–Crippen MR) is 75.1 cm³/mol. The number of nitrogens with zero attached hydrogens (tertiary/aromatic N) is 1. The SMILES string of the molecule is NCC[C@H]1CN(C(=O)Cc2cccc(Cl)c2)CCO1. The van der Waals surface area contributed by atoms with Crippen LogP contribution >= 0.6 is 11.6 Å². The molecule has 2 rings (SSSR count). The summed E-state index contributed by atoms with van der Waals surface area (Å²) in [5.74, 6) is 0.118. The Bertz CT molecular complexity index is 437. The van der Waals surface area contributed by atoms with E-state index in [0.717, 1.165) is 12.0 Å². The minimum Gasteiger partial charge on any atom is -0.374 e. The molecule has 1 aromatic carbocycles. The summed E-state index contributed by atoms with van der Waals surface area (Å²) in [7, 11) is 0. The molecule has 1 fully saturated rings. The van der Waals surface area contributed by atoms with Crippen molar-refractivity contribution in [1.29, 1.82) is 0 Å². The van der Waals surface area contributed by atoms with Gasteiger partial charge < -0.3 is 15.4 Å². The summed E-state index contributed by atoms with van der Waals surface area (Å²) in [6, 6.07) is 7.42. The zero-order valence-electron chi connectivity index (χ0n) is 10.8. The van der Waals surface area contributed by atoms with Gasteiger partial charge in [-0.2, -0.15) is 0 Å². The van der Waals surface area contributed by atoms with Gasteiger partial charge in [-0.05, 0) is 30.7 Å². The van der Waals surface area contributed by atoms with Crippen molar-refractivity contribution in [3.05, 3.63) is 34.9 Å². The third-order valence-corrected chi connectivity index (χ3v) is 3.46. The van der Waals surface area contributed by atoms with Gasteiger partial charge in [0.15, 0.2) is 0 Å². The number of hydrogen-bond donors (Lipinski definition) is 1. The van der Waals surface area contributed by atoms with Crippen molar-refractivity contribution in [2.75, 3.05) is 26.2 Å². The predicted octanol–water partition coefficient (Wildman–Crippen LogP) is 1.46. The molecule has 0 spiro atoms. The second-order valence-corrected chi connectivity index (χ2v) is 5.15. The number of nitrogens with two attached hydrogens (primary N) is 1. The Balaban J connectivity index is 1.92. The van der Waals surface area contributed by atoms with Crippen molar-refractivity contribution in [3.8, 4) is 0 Å². The van der Waals surface area contributed by atoms with Crippen LogP contribution in [0.5, 0.6) is 0 Å². The zero-order valence-corrected chi connectivity index (χ0v) is 11.6. The fraction of sp³-hybridized carbons (Fsp3) is 0.500. The normalized spacial score (nSPS) is 19.5. The molecular weight excluding hydrogens is 264 g/mol. The van der Waals surface area contributed by atoms with Gasteiger partial charge >= 0.3 is 0 Å². The molecule has 1 aliphatic heterocycles. The Kier molecular flexibility index (Phi) is 5.19. The fourth-order valence-electron chi connectivity index (χ4n) is 2.24. The minimum absolute atomic E-state index is 0.0714. The molecule has 1 atom stereocenters. The van der Waals surface area contributed by atoms with Crippen LogP contribution in [0.25, 0.3) is 0 Å². The Morgan fingerprint density at radius 1 is 1.53 bits per heavy atom. The van der Waals surface area contributed by atoms with E-state index in [2.05, 4.69) is 0 Å². The second kappa shape index (κ2) is 6.89. The molecule has 1 aliphatic rings. The highest BCUT2D eigenvalue weighted by molar-refractivity contribution is 6.30. The number of hydrogen-bond acceptors (Lipinski definition) is 3. The fourth-order valence-corrected chi connectivity index (χ4v) is 2.45. The molecule has 0 aromatic heterocycles. The van der Waals surface area contributed by atoms with E-state index in [9.17, 15) is 4.79 Å². The average Bonchev–Trinajstić information content (AvgIpc) is 2.39. The summed E-state index contributed by atoms with van der Waals surface area (Å²) < 4.78 is 5.57. The highest BCUT2D eigenvalue weighted by Gasteiger charge is 2.23. The van der Waals surface area contributed by atoms with Crippen molar-refractivity contribution >= 4 is 17.5 Å². The lowest BCUT2D eigenvalue weighted by molar-refractivity contribution is -0.138. The van der Waals surface area contributed by atoms with E-state index < -0.39 is 0 Å². The van der Waals surface area contributed by atoms with E-state index in [1.807, 2.05) is 29.2 Å². The Labute approximate surface area is 118 Å². The molecule has 1 heterocycles. The quantitative estimate of drug-likeness (QED) is 0.910. The average molecular weight is 283 g/mol. The largest absolute Gasteiger partial charge is 0.374 e. The van der Waals surface area contributed by atoms with E-state index in [1.54, 1.807) is 0 Å². The van der Waals surface area contributed by atoms with Crippen LogP contribution in [-0.4, -0.2) is 43.2 Å². The number of rotatable bonds is 4. The molecule has 1 aromatic rings. The lowest BCUT2D eigenvalue weighted by atomic mass is 10.1. The maximum absolute atomic E-state index is 12.2. The van der Waals surface area contributed by atoms with Gasteiger partial charge in [-0.3, -0.25) is 4.79 Å². The molecule has 0 bridgehead atoms. The molecule has 104 valence electrons. The molecular formula is C14H19ClN2O2. The van der Waals surface area contributed by atoms with Crippen LogP contribution in [-0.2, 0) is 16.0 Å². The maximum Gasteiger partial charge on any atom is 0.227 e. The first kappa shape index (κ1) is 14.3. The number of carbonyl (C=O) groups is 1. The first-order chi connectivity index (χ1) is 9.19. The van der Waals surface area contributed by atoms with Gasteiger partial charge in [0.2, 0.25) is 5.91 Å². The van der Waals surface area contributed by atoms with Gasteiger partial charge in [-0.15, -0.1) is 0 Å². The third-order valence-electron chi connectivity index (χ3n) is 3.22. The lowest BCUT2D eigenvalue weighted by Crippen LogP contribution is -2.46. The van der Waals surface area contributed by atoms with Crippen LogP contribution < -0.4 is 5.73 Å². The number of amides is 1. The van der Waals surface area contributed by atoms with E-state index in [4.69, 9.17) is 22.1 Å². The molecule has 19 heavy (non-hydrogen) atoms. The monoisotopic (exact) mass is 282 g/mol. The molecule has 5 heteroatoms. The summed E-state index contributed by atoms with van der Waals surface area (Å²) in [5.41, 5.74) is 6.47. The zero-order chi connectivity index (χ0) is 13.7. The van der Waals surface area contributed by atoms with Gasteiger partial charge in [0.25, 0.3) is 0 Å². The molecule has 0 radical (unpaired) electrons. The molecule has 0 saturated carbocycles. The number of halogens is 1. The van der Waals surface area contributed by atoms with E-state index in [1.165, 1.54) is 0 Å². The van der Waals surface area contributed by atoms with Crippen LogP contribution in [0.15, 0.2) is 24.3 Å². The Hall–Kier alpha value is -1.10. The van der Waals surface area contributed by atoms with Crippen LogP contribution in [0.4, 0.5) is 0 Å². The molecule has 2 N–H and O–H groups in total. The van der Waals surface area contributed by atoms with Crippen LogP contribution in [0.2, 0.25) is 5.02 Å². The summed E-state index contributed by atoms with van der Waals surface area (Å²) in [6.07, 6.45) is 1.25. The summed E-state index contributed by atoms with van der Waals surface area (Å²) >= 11 is 5.92. The molecule has 0 unspecified atom stereocenters. The topological polar surface area (TPSA) is 55.6 Å². The molecule has 0 aliphatic carbocycles. The highest BCUT2D eigenvalue weighted by Crippen LogP contribution is 2.14. The second-order valence-electron chi connectivity index (χ2n) is 4.72. The van der Waals surface area contributed by atoms with E-state index in [0.29, 0.717) is 37.7 Å². The standard InChI is InChI=1S/C14H19ClN2O2/c15-12-3-1-2-11(8-12)9-14(18)17-6-7-19-13(10-17)4-5-16/h1-3,8,13H,4-7,9-10,16H2/t13-/m0/s1. The van der Waals surface area contributed by atoms with Crippen LogP contribution in [0, 0.1) is 0 Å². The number of morpholine rings is 1. The van der Waals surface area contributed by atoms with Crippen molar-refractivity contribution in [2.45, 2.75) is 18.9 Å². The van der Waals surface area contributed by atoms with Gasteiger partial charge in [0.1, 0.15) is 0 Å². The van der Waals surface area contributed by atoms with Gasteiger partial charge in [-0.25, -0.2) is 0 Å². The van der Waals surface area contributed by atoms with Crippen molar-refractivity contribution in [3.63, 3.8) is 0 Å². The Morgan fingerprint density at radius 2 is 2.37 bits per heavy atom. The number of benzene rings is 1. The maximum atomic E-state index is 12.2. The highest BCUT2D eigenvalue weighted by atomic mass is 35.5. The van der Waals surface area contributed by atoms with E-state index >= 15 is 0 Å². The van der Waals surface area contributed by atoms with Gasteiger partial charge in [0, 0.05) is 18.1 Å². The van der Waals surface area contributed by atoms with Crippen LogP contribution in [0.3, 0.4) is 0 Å². The lowest BCUT2D eigenvalue weighted by Gasteiger charge is -2.33. The van der Waals surface area contributed by atoms with Crippen molar-refractivity contribution in [2.24, 2.45) is 5.73 Å².